The normalized spacial score (nSPS) is 32.8. The summed E-state index contributed by atoms with van der Waals surface area (Å²) in [6, 6.07) is 1.60. The molecule has 2 saturated carbocycles. The van der Waals surface area contributed by atoms with Crippen molar-refractivity contribution in [3.8, 4) is 0 Å². The van der Waals surface area contributed by atoms with Crippen LogP contribution in [-0.2, 0) is 4.74 Å². The van der Waals surface area contributed by atoms with Crippen molar-refractivity contribution in [2.75, 3.05) is 6.61 Å². The maximum Gasteiger partial charge on any atom is 0.0576 e. The van der Waals surface area contributed by atoms with Crippen LogP contribution in [0.3, 0.4) is 0 Å². The zero-order valence-corrected chi connectivity index (χ0v) is 10.7. The molecule has 0 atom stereocenters. The van der Waals surface area contributed by atoms with E-state index in [2.05, 4.69) is 12.2 Å². The predicted molar refractivity (Wildman–Crippen MR) is 67.7 cm³/mol. The van der Waals surface area contributed by atoms with Gasteiger partial charge in [-0.15, -0.1) is 0 Å². The Hall–Kier alpha value is -0.0800. The van der Waals surface area contributed by atoms with E-state index >= 15 is 0 Å². The Kier molecular flexibility index (Phi) is 5.11. The minimum Gasteiger partial charge on any atom is -0.379 e. The molecule has 1 N–H and O–H groups in total. The SMILES string of the molecule is CCO[C@H]1CC[C@H](NC2CCCCC2)CC1. The number of ether oxygens (including phenoxy) is 1. The molecule has 94 valence electrons. The lowest BCUT2D eigenvalue weighted by atomic mass is 9.89. The molecule has 2 fully saturated rings. The number of rotatable bonds is 4. The first-order valence-electron chi connectivity index (χ1n) is 7.26. The monoisotopic (exact) mass is 225 g/mol. The lowest BCUT2D eigenvalue weighted by Gasteiger charge is -2.33. The summed E-state index contributed by atoms with van der Waals surface area (Å²) in [4.78, 5) is 0. The van der Waals surface area contributed by atoms with Crippen LogP contribution >= 0.6 is 0 Å². The molecule has 0 bridgehead atoms. The van der Waals surface area contributed by atoms with Gasteiger partial charge >= 0.3 is 0 Å². The van der Waals surface area contributed by atoms with E-state index in [0.29, 0.717) is 6.10 Å². The highest BCUT2D eigenvalue weighted by molar-refractivity contribution is 4.82. The van der Waals surface area contributed by atoms with Crippen LogP contribution in [0.25, 0.3) is 0 Å². The first-order valence-corrected chi connectivity index (χ1v) is 7.26. The fourth-order valence-electron chi connectivity index (χ4n) is 3.23. The van der Waals surface area contributed by atoms with E-state index in [1.165, 1.54) is 57.8 Å². The van der Waals surface area contributed by atoms with Gasteiger partial charge < -0.3 is 10.1 Å². The number of hydrogen-bond acceptors (Lipinski definition) is 2. The molecule has 0 aromatic heterocycles. The van der Waals surface area contributed by atoms with Crippen molar-refractivity contribution in [2.24, 2.45) is 0 Å². The minimum absolute atomic E-state index is 0.550. The summed E-state index contributed by atoms with van der Waals surface area (Å²) in [6.45, 7) is 2.98. The van der Waals surface area contributed by atoms with Gasteiger partial charge in [-0.05, 0) is 45.4 Å². The van der Waals surface area contributed by atoms with Crippen LogP contribution in [0.1, 0.15) is 64.7 Å². The van der Waals surface area contributed by atoms with E-state index in [1.54, 1.807) is 0 Å². The molecule has 0 unspecified atom stereocenters. The highest BCUT2D eigenvalue weighted by Crippen LogP contribution is 2.24. The first-order chi connectivity index (χ1) is 7.88. The van der Waals surface area contributed by atoms with Crippen molar-refractivity contribution in [1.29, 1.82) is 0 Å². The van der Waals surface area contributed by atoms with Gasteiger partial charge in [0.15, 0.2) is 0 Å². The summed E-state index contributed by atoms with van der Waals surface area (Å²) in [7, 11) is 0. The molecular weight excluding hydrogens is 198 g/mol. The number of hydrogen-bond donors (Lipinski definition) is 1. The maximum absolute atomic E-state index is 5.69. The molecule has 0 spiro atoms. The zero-order chi connectivity index (χ0) is 11.2. The van der Waals surface area contributed by atoms with E-state index in [0.717, 1.165) is 18.7 Å². The summed E-state index contributed by atoms with van der Waals surface area (Å²) >= 11 is 0. The van der Waals surface area contributed by atoms with Crippen LogP contribution in [0.15, 0.2) is 0 Å². The van der Waals surface area contributed by atoms with Crippen LogP contribution in [0, 0.1) is 0 Å². The smallest absolute Gasteiger partial charge is 0.0576 e. The van der Waals surface area contributed by atoms with Gasteiger partial charge in [-0.2, -0.15) is 0 Å². The van der Waals surface area contributed by atoms with Crippen molar-refractivity contribution >= 4 is 0 Å². The van der Waals surface area contributed by atoms with Crippen LogP contribution < -0.4 is 5.32 Å². The average molecular weight is 225 g/mol. The van der Waals surface area contributed by atoms with Gasteiger partial charge in [-0.1, -0.05) is 19.3 Å². The zero-order valence-electron chi connectivity index (χ0n) is 10.7. The largest absolute Gasteiger partial charge is 0.379 e. The van der Waals surface area contributed by atoms with Gasteiger partial charge in [0.25, 0.3) is 0 Å². The van der Waals surface area contributed by atoms with Crippen LogP contribution in [0.4, 0.5) is 0 Å². The van der Waals surface area contributed by atoms with E-state index in [-0.39, 0.29) is 0 Å². The molecule has 2 aliphatic carbocycles. The Morgan fingerprint density at radius 3 is 2.12 bits per heavy atom. The third-order valence-corrected chi connectivity index (χ3v) is 4.15. The fraction of sp³-hybridized carbons (Fsp3) is 1.00. The van der Waals surface area contributed by atoms with E-state index in [9.17, 15) is 0 Å². The topological polar surface area (TPSA) is 21.3 Å². The average Bonchev–Trinajstić information content (AvgIpc) is 2.33. The molecule has 0 radical (unpaired) electrons. The summed E-state index contributed by atoms with van der Waals surface area (Å²) in [5, 5.41) is 3.86. The second-order valence-electron chi connectivity index (χ2n) is 5.43. The Balaban J connectivity index is 1.64. The quantitative estimate of drug-likeness (QED) is 0.793. The molecular formula is C14H27NO. The summed E-state index contributed by atoms with van der Waals surface area (Å²) < 4.78 is 5.69. The van der Waals surface area contributed by atoms with Crippen LogP contribution in [0.2, 0.25) is 0 Å². The third kappa shape index (κ3) is 3.74. The Bertz CT molecular complexity index is 181. The highest BCUT2D eigenvalue weighted by atomic mass is 16.5. The molecule has 2 aliphatic rings. The van der Waals surface area contributed by atoms with E-state index < -0.39 is 0 Å². The van der Waals surface area contributed by atoms with Crippen LogP contribution in [-0.4, -0.2) is 24.8 Å². The standard InChI is InChI=1S/C14H27NO/c1-2-16-14-10-8-13(9-11-14)15-12-6-4-3-5-7-12/h12-15H,2-11H2,1H3/t13-,14-. The molecule has 2 heteroatoms. The Labute approximate surface area is 100 Å². The lowest BCUT2D eigenvalue weighted by Crippen LogP contribution is -2.42. The Morgan fingerprint density at radius 1 is 0.875 bits per heavy atom. The van der Waals surface area contributed by atoms with Crippen LogP contribution in [0.5, 0.6) is 0 Å². The van der Waals surface area contributed by atoms with Crippen molar-refractivity contribution < 1.29 is 4.74 Å². The number of nitrogens with one attached hydrogen (secondary N) is 1. The molecule has 0 amide bonds. The minimum atomic E-state index is 0.550. The summed E-state index contributed by atoms with van der Waals surface area (Å²) in [5.41, 5.74) is 0. The second-order valence-corrected chi connectivity index (χ2v) is 5.43. The van der Waals surface area contributed by atoms with E-state index in [4.69, 9.17) is 4.74 Å². The summed E-state index contributed by atoms with van der Waals surface area (Å²) in [5.74, 6) is 0. The molecule has 0 aromatic rings. The van der Waals surface area contributed by atoms with Gasteiger partial charge in [0.1, 0.15) is 0 Å². The van der Waals surface area contributed by atoms with Gasteiger partial charge in [0, 0.05) is 18.7 Å². The van der Waals surface area contributed by atoms with Crippen molar-refractivity contribution in [3.63, 3.8) is 0 Å². The van der Waals surface area contributed by atoms with Gasteiger partial charge in [-0.3, -0.25) is 0 Å². The summed E-state index contributed by atoms with van der Waals surface area (Å²) in [6.07, 6.45) is 12.9. The van der Waals surface area contributed by atoms with Crippen molar-refractivity contribution in [2.45, 2.75) is 82.9 Å². The molecule has 0 aromatic carbocycles. The van der Waals surface area contributed by atoms with Gasteiger partial charge in [0.2, 0.25) is 0 Å². The molecule has 0 saturated heterocycles. The Morgan fingerprint density at radius 2 is 1.50 bits per heavy atom. The molecule has 0 aliphatic heterocycles. The maximum atomic E-state index is 5.69. The van der Waals surface area contributed by atoms with Crippen molar-refractivity contribution in [1.82, 2.24) is 5.32 Å². The van der Waals surface area contributed by atoms with Crippen molar-refractivity contribution in [3.05, 3.63) is 0 Å². The second kappa shape index (κ2) is 6.61. The third-order valence-electron chi connectivity index (χ3n) is 4.15. The first kappa shape index (κ1) is 12.4. The van der Waals surface area contributed by atoms with E-state index in [1.807, 2.05) is 0 Å². The molecule has 2 nitrogen and oxygen atoms in total. The molecule has 16 heavy (non-hydrogen) atoms. The lowest BCUT2D eigenvalue weighted by molar-refractivity contribution is 0.0289. The highest BCUT2D eigenvalue weighted by Gasteiger charge is 2.23. The molecule has 2 rings (SSSR count). The molecule has 0 heterocycles. The van der Waals surface area contributed by atoms with Gasteiger partial charge in [0.05, 0.1) is 6.10 Å². The predicted octanol–water partition coefficient (Wildman–Crippen LogP) is 3.26. The fourth-order valence-corrected chi connectivity index (χ4v) is 3.23. The van der Waals surface area contributed by atoms with Gasteiger partial charge in [-0.25, -0.2) is 0 Å².